The molecule has 0 fully saturated rings. The number of nitrogens with two attached hydrogens (primary N) is 2. The van der Waals surface area contributed by atoms with Gasteiger partial charge in [-0.2, -0.15) is 0 Å². The number of para-hydroxylation sites is 2. The molecule has 4 rings (SSSR count). The Balaban J connectivity index is 1.75. The van der Waals surface area contributed by atoms with Crippen LogP contribution in [0.15, 0.2) is 97.1 Å². The van der Waals surface area contributed by atoms with Crippen LogP contribution in [-0.2, 0) is 5.41 Å². The van der Waals surface area contributed by atoms with Gasteiger partial charge >= 0.3 is 0 Å². The summed E-state index contributed by atoms with van der Waals surface area (Å²) in [7, 11) is 0. The van der Waals surface area contributed by atoms with Crippen molar-refractivity contribution < 1.29 is 9.47 Å². The molecule has 4 nitrogen and oxygen atoms in total. The fourth-order valence-corrected chi connectivity index (χ4v) is 3.87. The molecule has 0 aliphatic heterocycles. The molecule has 4 N–H and O–H groups in total. The number of rotatable bonds is 7. The summed E-state index contributed by atoms with van der Waals surface area (Å²) in [5, 5.41) is 0. The van der Waals surface area contributed by atoms with Gasteiger partial charge in [0.2, 0.25) is 0 Å². The van der Waals surface area contributed by atoms with Crippen LogP contribution in [0.5, 0.6) is 23.0 Å². The van der Waals surface area contributed by atoms with E-state index in [1.165, 1.54) is 0 Å². The lowest BCUT2D eigenvalue weighted by Crippen LogP contribution is -2.24. The van der Waals surface area contributed by atoms with Crippen LogP contribution in [0.3, 0.4) is 0 Å². The second-order valence-electron chi connectivity index (χ2n) is 8.02. The zero-order valence-electron chi connectivity index (χ0n) is 18.4. The summed E-state index contributed by atoms with van der Waals surface area (Å²) >= 11 is 0. The molecule has 0 atom stereocenters. The Labute approximate surface area is 189 Å². The maximum atomic E-state index is 6.30. The number of anilines is 2. The van der Waals surface area contributed by atoms with E-state index in [-0.39, 0.29) is 5.41 Å². The third-order valence-electron chi connectivity index (χ3n) is 5.89. The summed E-state index contributed by atoms with van der Waals surface area (Å²) < 4.78 is 12.6. The van der Waals surface area contributed by atoms with E-state index in [0.717, 1.165) is 40.5 Å². The highest BCUT2D eigenvalue weighted by Gasteiger charge is 2.33. The van der Waals surface area contributed by atoms with Crippen LogP contribution >= 0.6 is 0 Å². The van der Waals surface area contributed by atoms with Gasteiger partial charge in [-0.25, -0.2) is 0 Å². The Morgan fingerprint density at radius 1 is 0.594 bits per heavy atom. The lowest BCUT2D eigenvalue weighted by Gasteiger charge is -2.32. The van der Waals surface area contributed by atoms with Crippen LogP contribution in [0, 0.1) is 0 Å². The first-order valence-electron chi connectivity index (χ1n) is 10.8. The van der Waals surface area contributed by atoms with Crippen LogP contribution in [0.1, 0.15) is 31.4 Å². The highest BCUT2D eigenvalue weighted by molar-refractivity contribution is 5.54. The van der Waals surface area contributed by atoms with Crippen molar-refractivity contribution in [1.29, 1.82) is 0 Å². The van der Waals surface area contributed by atoms with Crippen molar-refractivity contribution in [2.45, 2.75) is 25.7 Å². The van der Waals surface area contributed by atoms with Crippen molar-refractivity contribution in [2.24, 2.45) is 0 Å². The first-order valence-corrected chi connectivity index (χ1v) is 10.8. The van der Waals surface area contributed by atoms with E-state index in [1.54, 1.807) is 0 Å². The molecule has 4 aromatic rings. The molecule has 0 aliphatic rings. The third kappa shape index (κ3) is 4.40. The van der Waals surface area contributed by atoms with Gasteiger partial charge in [0.05, 0.1) is 0 Å². The van der Waals surface area contributed by atoms with Gasteiger partial charge in [-0.1, -0.05) is 50.2 Å². The Hall–Kier alpha value is -3.92. The van der Waals surface area contributed by atoms with Gasteiger partial charge < -0.3 is 20.9 Å². The quantitative estimate of drug-likeness (QED) is 0.309. The van der Waals surface area contributed by atoms with E-state index < -0.39 is 0 Å². The molecule has 4 aromatic carbocycles. The van der Waals surface area contributed by atoms with Gasteiger partial charge in [0.1, 0.15) is 23.0 Å². The van der Waals surface area contributed by atoms with E-state index in [1.807, 2.05) is 84.9 Å². The van der Waals surface area contributed by atoms with Gasteiger partial charge in [0.25, 0.3) is 0 Å². The van der Waals surface area contributed by atoms with Crippen LogP contribution in [-0.4, -0.2) is 0 Å². The molecule has 0 saturated carbocycles. The summed E-state index contributed by atoms with van der Waals surface area (Å²) in [6.07, 6.45) is 0.858. The molecular weight excluding hydrogens is 396 g/mol. The maximum absolute atomic E-state index is 6.30. The lowest BCUT2D eigenvalue weighted by atomic mass is 9.73. The Bertz CT molecular complexity index is 1090. The van der Waals surface area contributed by atoms with E-state index >= 15 is 0 Å². The highest BCUT2D eigenvalue weighted by atomic mass is 16.5. The molecule has 0 radical (unpaired) electrons. The predicted molar refractivity (Wildman–Crippen MR) is 131 cm³/mol. The number of ether oxygens (including phenoxy) is 2. The molecule has 0 heterocycles. The first kappa shape index (κ1) is 21.3. The molecule has 4 heteroatoms. The van der Waals surface area contributed by atoms with E-state index in [9.17, 15) is 0 Å². The van der Waals surface area contributed by atoms with E-state index in [0.29, 0.717) is 11.4 Å². The van der Waals surface area contributed by atoms with Crippen molar-refractivity contribution in [1.82, 2.24) is 0 Å². The summed E-state index contributed by atoms with van der Waals surface area (Å²) in [5.41, 5.74) is 14.9. The molecular formula is C28H28N2O2. The van der Waals surface area contributed by atoms with Crippen molar-refractivity contribution in [3.05, 3.63) is 108 Å². The lowest BCUT2D eigenvalue weighted by molar-refractivity contribution is 0.429. The molecule has 0 amide bonds. The average molecular weight is 425 g/mol. The van der Waals surface area contributed by atoms with Gasteiger partial charge in [-0.3, -0.25) is 0 Å². The Kier molecular flexibility index (Phi) is 6.04. The van der Waals surface area contributed by atoms with Gasteiger partial charge in [-0.05, 0) is 67.1 Å². The van der Waals surface area contributed by atoms with Gasteiger partial charge in [0, 0.05) is 27.9 Å². The van der Waals surface area contributed by atoms with E-state index in [2.05, 4.69) is 26.0 Å². The van der Waals surface area contributed by atoms with Crippen LogP contribution in [0.4, 0.5) is 11.4 Å². The standard InChI is InChI=1S/C28H28N2O2/c1-3-28(2,24-8-4-6-10-26(24)31-22-16-12-20(29)13-17-22)25-9-5-7-11-27(25)32-23-18-14-21(30)15-19-23/h4-19H,3,29-30H2,1-2H3. The van der Waals surface area contributed by atoms with E-state index in [4.69, 9.17) is 20.9 Å². The first-order chi connectivity index (χ1) is 15.5. The fraction of sp³-hybridized carbons (Fsp3) is 0.143. The normalized spacial score (nSPS) is 11.2. The largest absolute Gasteiger partial charge is 0.457 e. The minimum Gasteiger partial charge on any atom is -0.457 e. The monoisotopic (exact) mass is 424 g/mol. The summed E-state index contributed by atoms with van der Waals surface area (Å²) in [5.74, 6) is 3.11. The smallest absolute Gasteiger partial charge is 0.131 e. The molecule has 0 unspecified atom stereocenters. The minimum atomic E-state index is -0.338. The van der Waals surface area contributed by atoms with Gasteiger partial charge in [0.15, 0.2) is 0 Å². The van der Waals surface area contributed by atoms with Crippen LogP contribution in [0.2, 0.25) is 0 Å². The van der Waals surface area contributed by atoms with Crippen molar-refractivity contribution in [3.8, 4) is 23.0 Å². The molecule has 0 saturated heterocycles. The number of benzene rings is 4. The number of nitrogen functional groups attached to an aromatic ring is 2. The zero-order chi connectivity index (χ0) is 22.6. The molecule has 32 heavy (non-hydrogen) atoms. The number of hydrogen-bond acceptors (Lipinski definition) is 4. The highest BCUT2D eigenvalue weighted by Crippen LogP contribution is 2.45. The molecule has 0 aromatic heterocycles. The zero-order valence-corrected chi connectivity index (χ0v) is 18.4. The second-order valence-corrected chi connectivity index (χ2v) is 8.02. The summed E-state index contributed by atoms with van der Waals surface area (Å²) in [6, 6.07) is 31.2. The molecule has 0 aliphatic carbocycles. The maximum Gasteiger partial charge on any atom is 0.131 e. The van der Waals surface area contributed by atoms with Crippen molar-refractivity contribution >= 4 is 11.4 Å². The number of hydrogen-bond donors (Lipinski definition) is 2. The predicted octanol–water partition coefficient (Wildman–Crippen LogP) is 7.15. The molecule has 0 spiro atoms. The average Bonchev–Trinajstić information content (AvgIpc) is 2.82. The Morgan fingerprint density at radius 2 is 0.969 bits per heavy atom. The van der Waals surface area contributed by atoms with Crippen LogP contribution in [0.25, 0.3) is 0 Å². The Morgan fingerprint density at radius 3 is 1.34 bits per heavy atom. The summed E-state index contributed by atoms with van der Waals surface area (Å²) in [6.45, 7) is 4.41. The second kappa shape index (κ2) is 9.06. The van der Waals surface area contributed by atoms with Crippen molar-refractivity contribution in [2.75, 3.05) is 11.5 Å². The summed E-state index contributed by atoms with van der Waals surface area (Å²) in [4.78, 5) is 0. The third-order valence-corrected chi connectivity index (χ3v) is 5.89. The molecule has 0 bridgehead atoms. The minimum absolute atomic E-state index is 0.338. The fourth-order valence-electron chi connectivity index (χ4n) is 3.87. The molecule has 162 valence electrons. The SMILES string of the molecule is CCC(C)(c1ccccc1Oc1ccc(N)cc1)c1ccccc1Oc1ccc(N)cc1. The van der Waals surface area contributed by atoms with Gasteiger partial charge in [-0.15, -0.1) is 0 Å². The topological polar surface area (TPSA) is 70.5 Å². The van der Waals surface area contributed by atoms with Crippen LogP contribution < -0.4 is 20.9 Å². The van der Waals surface area contributed by atoms with Crippen molar-refractivity contribution in [3.63, 3.8) is 0 Å².